The number of methoxy groups -OCH3 is 1. The van der Waals surface area contributed by atoms with E-state index in [0.29, 0.717) is 5.02 Å². The van der Waals surface area contributed by atoms with Crippen LogP contribution in [-0.2, 0) is 9.53 Å². The van der Waals surface area contributed by atoms with E-state index in [0.717, 1.165) is 12.1 Å². The molecule has 0 heterocycles. The van der Waals surface area contributed by atoms with Crippen LogP contribution >= 0.6 is 23.2 Å². The van der Waals surface area contributed by atoms with Gasteiger partial charge >= 0.3 is 5.97 Å². The van der Waals surface area contributed by atoms with Gasteiger partial charge in [0, 0.05) is 11.1 Å². The first-order valence-corrected chi connectivity index (χ1v) is 9.39. The van der Waals surface area contributed by atoms with Crippen molar-refractivity contribution in [2.75, 3.05) is 19.0 Å². The zero-order valence-electron chi connectivity index (χ0n) is 16.2. The van der Waals surface area contributed by atoms with E-state index in [1.54, 1.807) is 6.92 Å². The predicted octanol–water partition coefficient (Wildman–Crippen LogP) is 4.49. The molecule has 0 saturated carbocycles. The molecule has 30 heavy (non-hydrogen) atoms. The van der Waals surface area contributed by atoms with Crippen molar-refractivity contribution >= 4 is 46.5 Å². The number of amides is 1. The van der Waals surface area contributed by atoms with Gasteiger partial charge in [0.05, 0.1) is 35.4 Å². The number of esters is 1. The van der Waals surface area contributed by atoms with Crippen LogP contribution in [-0.4, -0.2) is 36.6 Å². The Morgan fingerprint density at radius 1 is 1.20 bits per heavy atom. The summed E-state index contributed by atoms with van der Waals surface area (Å²) in [5, 5.41) is 14.5. The lowest BCUT2D eigenvalue weighted by Crippen LogP contribution is -2.30. The van der Waals surface area contributed by atoms with Gasteiger partial charge in [-0.25, -0.2) is 4.79 Å². The number of hydrogen-bond acceptors (Lipinski definition) is 7. The molecule has 1 unspecified atom stereocenters. The van der Waals surface area contributed by atoms with Gasteiger partial charge in [-0.1, -0.05) is 23.2 Å². The number of nitrogens with one attached hydrogen (secondary N) is 1. The average Bonchev–Trinajstić information content (AvgIpc) is 2.69. The molecule has 0 bridgehead atoms. The summed E-state index contributed by atoms with van der Waals surface area (Å²) in [5.41, 5.74) is -0.662. The van der Waals surface area contributed by atoms with Crippen molar-refractivity contribution in [3.05, 3.63) is 56.1 Å². The molecule has 1 amide bonds. The average molecular weight is 457 g/mol. The summed E-state index contributed by atoms with van der Waals surface area (Å²) in [4.78, 5) is 35.5. The fourth-order valence-electron chi connectivity index (χ4n) is 2.39. The van der Waals surface area contributed by atoms with Crippen LogP contribution in [0.5, 0.6) is 11.5 Å². The molecule has 0 aliphatic heterocycles. The number of anilines is 1. The molecule has 0 radical (unpaired) electrons. The van der Waals surface area contributed by atoms with E-state index in [4.69, 9.17) is 37.4 Å². The monoisotopic (exact) mass is 456 g/mol. The van der Waals surface area contributed by atoms with Crippen molar-refractivity contribution in [1.29, 1.82) is 0 Å². The van der Waals surface area contributed by atoms with E-state index >= 15 is 0 Å². The molecule has 2 aromatic carbocycles. The summed E-state index contributed by atoms with van der Waals surface area (Å²) in [6, 6.07) is 6.64. The highest BCUT2D eigenvalue weighted by Gasteiger charge is 2.28. The number of nitro benzene ring substituents is 1. The maximum atomic E-state index is 12.6. The lowest BCUT2D eigenvalue weighted by molar-refractivity contribution is -0.385. The fraction of sp³-hybridized carbons (Fsp3) is 0.263. The van der Waals surface area contributed by atoms with Crippen molar-refractivity contribution in [3.8, 4) is 11.5 Å². The highest BCUT2D eigenvalue weighted by Crippen LogP contribution is 2.35. The number of carbonyl (C=O) groups excluding carboxylic acids is 2. The minimum absolute atomic E-state index is 0.0864. The van der Waals surface area contributed by atoms with Crippen LogP contribution in [0.1, 0.15) is 24.2 Å². The van der Waals surface area contributed by atoms with E-state index in [1.165, 1.54) is 32.2 Å². The van der Waals surface area contributed by atoms with Gasteiger partial charge in [-0.15, -0.1) is 0 Å². The number of rotatable bonds is 8. The zero-order chi connectivity index (χ0) is 22.4. The van der Waals surface area contributed by atoms with E-state index in [2.05, 4.69) is 5.32 Å². The molecule has 11 heteroatoms. The highest BCUT2D eigenvalue weighted by atomic mass is 35.5. The van der Waals surface area contributed by atoms with Crippen LogP contribution < -0.4 is 14.8 Å². The molecule has 0 aromatic heterocycles. The third kappa shape index (κ3) is 5.52. The number of carbonyl (C=O) groups is 2. The number of ether oxygens (including phenoxy) is 3. The van der Waals surface area contributed by atoms with E-state index < -0.39 is 28.6 Å². The van der Waals surface area contributed by atoms with Crippen LogP contribution in [0.25, 0.3) is 0 Å². The first kappa shape index (κ1) is 23.2. The Morgan fingerprint density at radius 2 is 1.90 bits per heavy atom. The summed E-state index contributed by atoms with van der Waals surface area (Å²) in [6.45, 7) is 3.26. The number of halogens is 2. The summed E-state index contributed by atoms with van der Waals surface area (Å²) < 4.78 is 15.5. The van der Waals surface area contributed by atoms with Gasteiger partial charge in [0.15, 0.2) is 17.6 Å². The smallest absolute Gasteiger partial charge is 0.346 e. The molecular weight excluding hydrogens is 439 g/mol. The standard InChI is InChI=1S/C19H18Cl2N2O7/c1-4-29-17-8-12(15(23(26)27)9-16(17)28-3)19(25)30-10(2)18(24)22-14-6-5-11(20)7-13(14)21/h5-10H,4H2,1-3H3,(H,22,24). The SMILES string of the molecule is CCOc1cc(C(=O)OC(C)C(=O)Nc2ccc(Cl)cc2Cl)c([N+](=O)[O-])cc1OC. The maximum Gasteiger partial charge on any atom is 0.346 e. The first-order valence-electron chi connectivity index (χ1n) is 8.64. The molecule has 1 atom stereocenters. The Balaban J connectivity index is 2.23. The van der Waals surface area contributed by atoms with Gasteiger partial charge in [0.1, 0.15) is 5.56 Å². The Kier molecular flexibility index (Phi) is 7.85. The zero-order valence-corrected chi connectivity index (χ0v) is 17.7. The maximum absolute atomic E-state index is 12.6. The third-order valence-corrected chi connectivity index (χ3v) is 4.39. The van der Waals surface area contributed by atoms with Gasteiger partial charge in [-0.05, 0) is 32.0 Å². The minimum atomic E-state index is -1.28. The van der Waals surface area contributed by atoms with Gasteiger partial charge < -0.3 is 19.5 Å². The lowest BCUT2D eigenvalue weighted by Gasteiger charge is -2.15. The predicted molar refractivity (Wildman–Crippen MR) is 111 cm³/mol. The Labute approximate surface area is 182 Å². The Morgan fingerprint density at radius 3 is 2.47 bits per heavy atom. The molecule has 0 aliphatic carbocycles. The quantitative estimate of drug-likeness (QED) is 0.353. The molecule has 0 saturated heterocycles. The lowest BCUT2D eigenvalue weighted by atomic mass is 10.1. The van der Waals surface area contributed by atoms with E-state index in [1.807, 2.05) is 0 Å². The van der Waals surface area contributed by atoms with E-state index in [9.17, 15) is 19.7 Å². The van der Waals surface area contributed by atoms with Crippen LogP contribution in [0.2, 0.25) is 10.0 Å². The summed E-state index contributed by atoms with van der Waals surface area (Å²) >= 11 is 11.8. The normalized spacial score (nSPS) is 11.4. The number of benzene rings is 2. The fourth-order valence-corrected chi connectivity index (χ4v) is 2.85. The van der Waals surface area contributed by atoms with Crippen LogP contribution in [0.15, 0.2) is 30.3 Å². The second-order valence-electron chi connectivity index (χ2n) is 5.87. The van der Waals surface area contributed by atoms with Crippen molar-refractivity contribution in [1.82, 2.24) is 0 Å². The van der Waals surface area contributed by atoms with Crippen LogP contribution in [0.3, 0.4) is 0 Å². The van der Waals surface area contributed by atoms with Gasteiger partial charge in [0.25, 0.3) is 11.6 Å². The van der Waals surface area contributed by atoms with Gasteiger partial charge in [-0.3, -0.25) is 14.9 Å². The molecule has 9 nitrogen and oxygen atoms in total. The second kappa shape index (κ2) is 10.1. The molecule has 1 N–H and O–H groups in total. The molecule has 0 aliphatic rings. The van der Waals surface area contributed by atoms with Crippen LogP contribution in [0.4, 0.5) is 11.4 Å². The van der Waals surface area contributed by atoms with Crippen molar-refractivity contribution in [3.63, 3.8) is 0 Å². The molecule has 0 spiro atoms. The molecule has 2 rings (SSSR count). The van der Waals surface area contributed by atoms with Gasteiger partial charge in [-0.2, -0.15) is 0 Å². The number of hydrogen-bond donors (Lipinski definition) is 1. The summed E-state index contributed by atoms with van der Waals surface area (Å²) in [7, 11) is 1.31. The minimum Gasteiger partial charge on any atom is -0.493 e. The largest absolute Gasteiger partial charge is 0.493 e. The molecular formula is C19H18Cl2N2O7. The van der Waals surface area contributed by atoms with Crippen LogP contribution in [0, 0.1) is 10.1 Å². The molecule has 160 valence electrons. The highest BCUT2D eigenvalue weighted by molar-refractivity contribution is 6.36. The summed E-state index contributed by atoms with van der Waals surface area (Å²) in [6.07, 6.45) is -1.28. The first-order chi connectivity index (χ1) is 14.2. The van der Waals surface area contributed by atoms with Gasteiger partial charge in [0.2, 0.25) is 0 Å². The van der Waals surface area contributed by atoms with E-state index in [-0.39, 0.29) is 34.4 Å². The number of nitro groups is 1. The molecule has 0 fully saturated rings. The molecule has 2 aromatic rings. The second-order valence-corrected chi connectivity index (χ2v) is 6.71. The Bertz CT molecular complexity index is 982. The topological polar surface area (TPSA) is 117 Å². The van der Waals surface area contributed by atoms with Crippen molar-refractivity contribution in [2.24, 2.45) is 0 Å². The third-order valence-electron chi connectivity index (χ3n) is 3.84. The van der Waals surface area contributed by atoms with Crippen molar-refractivity contribution < 1.29 is 28.7 Å². The Hall–Kier alpha value is -3.04. The summed E-state index contributed by atoms with van der Waals surface area (Å²) in [5.74, 6) is -1.55. The van der Waals surface area contributed by atoms with Crippen molar-refractivity contribution in [2.45, 2.75) is 20.0 Å². The number of nitrogens with zero attached hydrogens (tertiary/aromatic N) is 1.